The Balaban J connectivity index is 2.36. The van der Waals surface area contributed by atoms with Gasteiger partial charge in [0.15, 0.2) is 5.82 Å². The molecule has 1 N–H and O–H groups in total. The van der Waals surface area contributed by atoms with Crippen LogP contribution in [0.3, 0.4) is 0 Å². The summed E-state index contributed by atoms with van der Waals surface area (Å²) in [6, 6.07) is 6.10. The Labute approximate surface area is 91.8 Å². The molecule has 5 heteroatoms. The molecule has 2 rings (SSSR count). The third-order valence-corrected chi connectivity index (χ3v) is 2.06. The van der Waals surface area contributed by atoms with Crippen LogP contribution in [0.25, 0.3) is 11.3 Å². The molecule has 0 saturated carbocycles. The Hall–Kier alpha value is -1.88. The van der Waals surface area contributed by atoms with Crippen molar-refractivity contribution in [1.82, 2.24) is 15.2 Å². The largest absolute Gasteiger partial charge is 0.396 e. The van der Waals surface area contributed by atoms with E-state index in [0.29, 0.717) is 23.5 Å². The molecular weight excluding hydrogens is 209 g/mol. The molecule has 0 saturated heterocycles. The van der Waals surface area contributed by atoms with Crippen LogP contribution in [0.5, 0.6) is 0 Å². The first kappa shape index (κ1) is 10.6. The Bertz CT molecular complexity index is 490. The molecule has 0 aliphatic rings. The maximum absolute atomic E-state index is 13.0. The lowest BCUT2D eigenvalue weighted by atomic mass is 10.1. The summed E-state index contributed by atoms with van der Waals surface area (Å²) in [5.74, 6) is 0.129. The van der Waals surface area contributed by atoms with E-state index in [0.717, 1.165) is 0 Å². The van der Waals surface area contributed by atoms with Crippen LogP contribution in [0.1, 0.15) is 5.82 Å². The van der Waals surface area contributed by atoms with Gasteiger partial charge in [-0.25, -0.2) is 9.37 Å². The lowest BCUT2D eigenvalue weighted by molar-refractivity contribution is 0.296. The molecule has 0 fully saturated rings. The van der Waals surface area contributed by atoms with Crippen molar-refractivity contribution < 1.29 is 9.50 Å². The molecule has 1 aromatic carbocycles. The van der Waals surface area contributed by atoms with Crippen LogP contribution in [-0.2, 0) is 6.42 Å². The van der Waals surface area contributed by atoms with E-state index in [1.165, 1.54) is 18.3 Å². The third kappa shape index (κ3) is 2.38. The first-order valence-corrected chi connectivity index (χ1v) is 4.85. The van der Waals surface area contributed by atoms with Gasteiger partial charge >= 0.3 is 0 Å². The van der Waals surface area contributed by atoms with Crippen LogP contribution in [0.15, 0.2) is 30.5 Å². The average molecular weight is 219 g/mol. The lowest BCUT2D eigenvalue weighted by Gasteiger charge is -2.01. The molecule has 0 aliphatic carbocycles. The number of aliphatic hydroxyl groups is 1. The van der Waals surface area contributed by atoms with Crippen LogP contribution in [-0.4, -0.2) is 26.9 Å². The molecule has 0 unspecified atom stereocenters. The Morgan fingerprint density at radius 1 is 1.31 bits per heavy atom. The quantitative estimate of drug-likeness (QED) is 0.843. The maximum atomic E-state index is 13.0. The second kappa shape index (κ2) is 4.76. The van der Waals surface area contributed by atoms with Crippen molar-refractivity contribution in [2.45, 2.75) is 6.42 Å². The molecule has 2 aromatic rings. The van der Waals surface area contributed by atoms with E-state index in [9.17, 15) is 4.39 Å². The Kier molecular flexibility index (Phi) is 3.16. The summed E-state index contributed by atoms with van der Waals surface area (Å²) in [7, 11) is 0. The van der Waals surface area contributed by atoms with Crippen molar-refractivity contribution in [3.63, 3.8) is 0 Å². The maximum Gasteiger partial charge on any atom is 0.153 e. The Morgan fingerprint density at radius 3 is 2.94 bits per heavy atom. The first-order valence-electron chi connectivity index (χ1n) is 4.85. The number of aliphatic hydroxyl groups excluding tert-OH is 1. The van der Waals surface area contributed by atoms with Crippen LogP contribution in [0, 0.1) is 5.82 Å². The molecule has 4 nitrogen and oxygen atoms in total. The summed E-state index contributed by atoms with van der Waals surface area (Å²) in [6.45, 7) is -0.0334. The molecule has 0 amide bonds. The molecule has 1 aromatic heterocycles. The van der Waals surface area contributed by atoms with Crippen molar-refractivity contribution in [2.75, 3.05) is 6.61 Å². The number of aromatic nitrogens is 3. The molecule has 1 heterocycles. The van der Waals surface area contributed by atoms with E-state index in [1.54, 1.807) is 12.1 Å². The van der Waals surface area contributed by atoms with E-state index >= 15 is 0 Å². The number of halogens is 1. The predicted molar refractivity (Wildman–Crippen MR) is 56.0 cm³/mol. The molecule has 0 atom stereocenters. The van der Waals surface area contributed by atoms with Gasteiger partial charge in [0.2, 0.25) is 0 Å². The van der Waals surface area contributed by atoms with Crippen molar-refractivity contribution in [2.24, 2.45) is 0 Å². The van der Waals surface area contributed by atoms with Crippen molar-refractivity contribution in [3.05, 3.63) is 42.1 Å². The summed E-state index contributed by atoms with van der Waals surface area (Å²) in [5, 5.41) is 16.3. The number of benzene rings is 1. The fourth-order valence-electron chi connectivity index (χ4n) is 1.33. The molecule has 0 bridgehead atoms. The van der Waals surface area contributed by atoms with Gasteiger partial charge in [-0.3, -0.25) is 0 Å². The van der Waals surface area contributed by atoms with Crippen LogP contribution < -0.4 is 0 Å². The van der Waals surface area contributed by atoms with Crippen molar-refractivity contribution in [1.29, 1.82) is 0 Å². The van der Waals surface area contributed by atoms with Crippen molar-refractivity contribution >= 4 is 0 Å². The van der Waals surface area contributed by atoms with E-state index in [4.69, 9.17) is 5.11 Å². The summed E-state index contributed by atoms with van der Waals surface area (Å²) < 4.78 is 13.0. The van der Waals surface area contributed by atoms with Gasteiger partial charge in [0.05, 0.1) is 18.5 Å². The summed E-state index contributed by atoms with van der Waals surface area (Å²) >= 11 is 0. The molecule has 16 heavy (non-hydrogen) atoms. The van der Waals surface area contributed by atoms with Gasteiger partial charge in [-0.2, -0.15) is 5.10 Å². The summed E-state index contributed by atoms with van der Waals surface area (Å²) in [6.07, 6.45) is 1.81. The highest BCUT2D eigenvalue weighted by Gasteiger charge is 2.03. The van der Waals surface area contributed by atoms with Gasteiger partial charge in [0.25, 0.3) is 0 Å². The van der Waals surface area contributed by atoms with Crippen LogP contribution in [0.2, 0.25) is 0 Å². The van der Waals surface area contributed by atoms with Gasteiger partial charge in [-0.1, -0.05) is 12.1 Å². The lowest BCUT2D eigenvalue weighted by Crippen LogP contribution is -2.01. The minimum Gasteiger partial charge on any atom is -0.396 e. The number of rotatable bonds is 3. The highest BCUT2D eigenvalue weighted by Crippen LogP contribution is 2.16. The van der Waals surface area contributed by atoms with E-state index in [2.05, 4.69) is 15.2 Å². The van der Waals surface area contributed by atoms with Gasteiger partial charge in [-0.15, -0.1) is 5.10 Å². The monoisotopic (exact) mass is 219 g/mol. The summed E-state index contributed by atoms with van der Waals surface area (Å²) in [5.41, 5.74) is 1.20. The second-order valence-corrected chi connectivity index (χ2v) is 3.24. The normalized spacial score (nSPS) is 10.4. The van der Waals surface area contributed by atoms with Gasteiger partial charge in [0, 0.05) is 12.0 Å². The minimum absolute atomic E-state index is 0.0334. The van der Waals surface area contributed by atoms with E-state index in [-0.39, 0.29) is 12.4 Å². The van der Waals surface area contributed by atoms with Gasteiger partial charge in [0.1, 0.15) is 5.82 Å². The van der Waals surface area contributed by atoms with Crippen molar-refractivity contribution in [3.8, 4) is 11.3 Å². The standard InChI is InChI=1S/C11H10FN3O/c12-9-3-1-2-8(6-9)10-7-13-15-11(14-10)4-5-16/h1-3,6-7,16H,4-5H2. The molecule has 0 aliphatic heterocycles. The molecule has 0 spiro atoms. The van der Waals surface area contributed by atoms with E-state index < -0.39 is 0 Å². The molecular formula is C11H10FN3O. The molecule has 82 valence electrons. The SMILES string of the molecule is OCCc1nncc(-c2cccc(F)c2)n1. The van der Waals surface area contributed by atoms with Crippen LogP contribution >= 0.6 is 0 Å². The smallest absolute Gasteiger partial charge is 0.153 e. The fourth-order valence-corrected chi connectivity index (χ4v) is 1.33. The van der Waals surface area contributed by atoms with E-state index in [1.807, 2.05) is 0 Å². The zero-order chi connectivity index (χ0) is 11.4. The predicted octanol–water partition coefficient (Wildman–Crippen LogP) is 1.21. The first-order chi connectivity index (χ1) is 7.79. The summed E-state index contributed by atoms with van der Waals surface area (Å²) in [4.78, 5) is 4.17. The number of hydrogen-bond donors (Lipinski definition) is 1. The van der Waals surface area contributed by atoms with Gasteiger partial charge in [-0.05, 0) is 12.1 Å². The second-order valence-electron chi connectivity index (χ2n) is 3.24. The topological polar surface area (TPSA) is 58.9 Å². The highest BCUT2D eigenvalue weighted by atomic mass is 19.1. The fraction of sp³-hybridized carbons (Fsp3) is 0.182. The van der Waals surface area contributed by atoms with Gasteiger partial charge < -0.3 is 5.11 Å². The zero-order valence-electron chi connectivity index (χ0n) is 8.47. The zero-order valence-corrected chi connectivity index (χ0v) is 8.47. The number of nitrogens with zero attached hydrogens (tertiary/aromatic N) is 3. The minimum atomic E-state index is -0.320. The number of hydrogen-bond acceptors (Lipinski definition) is 4. The highest BCUT2D eigenvalue weighted by molar-refractivity contribution is 5.57. The average Bonchev–Trinajstić information content (AvgIpc) is 2.30. The van der Waals surface area contributed by atoms with Crippen LogP contribution in [0.4, 0.5) is 4.39 Å². The molecule has 0 radical (unpaired) electrons. The third-order valence-electron chi connectivity index (χ3n) is 2.06. The Morgan fingerprint density at radius 2 is 2.19 bits per heavy atom.